The van der Waals surface area contributed by atoms with Crippen molar-refractivity contribution in [1.29, 1.82) is 0 Å². The van der Waals surface area contributed by atoms with Crippen molar-refractivity contribution in [1.82, 2.24) is 9.80 Å². The summed E-state index contributed by atoms with van der Waals surface area (Å²) in [5.74, 6) is -1.85. The number of hydrogen-bond acceptors (Lipinski definition) is 8. The van der Waals surface area contributed by atoms with E-state index in [2.05, 4.69) is 15.9 Å². The molecule has 12 nitrogen and oxygen atoms in total. The molecule has 0 aromatic heterocycles. The first-order valence-corrected chi connectivity index (χ1v) is 15.1. The van der Waals surface area contributed by atoms with Gasteiger partial charge in [0, 0.05) is 45.4 Å². The van der Waals surface area contributed by atoms with Crippen molar-refractivity contribution < 1.29 is 48.3 Å². The van der Waals surface area contributed by atoms with E-state index in [9.17, 15) is 19.2 Å². The summed E-state index contributed by atoms with van der Waals surface area (Å²) in [5.41, 5.74) is 3.64. The average Bonchev–Trinajstić information content (AvgIpc) is 3.61. The van der Waals surface area contributed by atoms with E-state index < -0.39 is 23.8 Å². The van der Waals surface area contributed by atoms with Crippen LogP contribution in [0.5, 0.6) is 23.0 Å². The maximum atomic E-state index is 12.7. The third-order valence-corrected chi connectivity index (χ3v) is 8.66. The van der Waals surface area contributed by atoms with Gasteiger partial charge in [-0.15, -0.1) is 0 Å². The predicted molar refractivity (Wildman–Crippen MR) is 161 cm³/mol. The zero-order valence-corrected chi connectivity index (χ0v) is 26.8. The summed E-state index contributed by atoms with van der Waals surface area (Å²) in [6.45, 7) is 5.12. The van der Waals surface area contributed by atoms with Gasteiger partial charge in [0.2, 0.25) is 11.8 Å². The fourth-order valence-corrected chi connectivity index (χ4v) is 5.84. The van der Waals surface area contributed by atoms with E-state index in [0.29, 0.717) is 73.3 Å². The largest absolute Gasteiger partial charge is 0.493 e. The van der Waals surface area contributed by atoms with Crippen LogP contribution in [-0.2, 0) is 45.4 Å². The molecule has 2 N–H and O–H groups in total. The number of fused-ring (bicyclic) bond motifs is 2. The smallest absolute Gasteiger partial charge is 0.306 e. The molecule has 2 atom stereocenters. The summed E-state index contributed by atoms with van der Waals surface area (Å²) in [5, 5.41) is 18.3. The number of rotatable bonds is 14. The molecule has 0 unspecified atom stereocenters. The van der Waals surface area contributed by atoms with Crippen molar-refractivity contribution in [2.45, 2.75) is 59.3 Å². The Labute approximate surface area is 263 Å². The first-order valence-electron chi connectivity index (χ1n) is 14.3. The number of aliphatic carboxylic acids is 2. The van der Waals surface area contributed by atoms with Crippen molar-refractivity contribution in [3.05, 3.63) is 44.9 Å². The van der Waals surface area contributed by atoms with E-state index in [0.717, 1.165) is 22.3 Å². The number of amides is 2. The molecular formula is C31H37BrN2O10. The molecule has 2 aromatic rings. The van der Waals surface area contributed by atoms with Crippen molar-refractivity contribution in [2.75, 3.05) is 27.4 Å². The van der Waals surface area contributed by atoms with E-state index in [4.69, 9.17) is 29.2 Å². The summed E-state index contributed by atoms with van der Waals surface area (Å²) in [4.78, 5) is 50.9. The zero-order valence-electron chi connectivity index (χ0n) is 25.2. The number of ether oxygens (including phenoxy) is 4. The molecule has 2 aromatic carbocycles. The van der Waals surface area contributed by atoms with Crippen LogP contribution in [0.1, 0.15) is 55.4 Å². The minimum atomic E-state index is -1.00. The van der Waals surface area contributed by atoms with Crippen molar-refractivity contribution in [3.8, 4) is 23.0 Å². The Balaban J connectivity index is 1.33. The van der Waals surface area contributed by atoms with E-state index in [1.807, 2.05) is 18.2 Å². The first-order chi connectivity index (χ1) is 20.9. The highest BCUT2D eigenvalue weighted by atomic mass is 79.9. The molecule has 2 aliphatic heterocycles. The van der Waals surface area contributed by atoms with Gasteiger partial charge in [-0.25, -0.2) is 0 Å². The Bertz CT molecular complexity index is 1450. The molecule has 0 bridgehead atoms. The summed E-state index contributed by atoms with van der Waals surface area (Å²) in [7, 11) is 3.08. The van der Waals surface area contributed by atoms with Crippen LogP contribution in [0.2, 0.25) is 0 Å². The summed E-state index contributed by atoms with van der Waals surface area (Å²) in [6, 6.07) is 5.54. The van der Waals surface area contributed by atoms with Gasteiger partial charge in [0.25, 0.3) is 0 Å². The lowest BCUT2D eigenvalue weighted by Gasteiger charge is -2.17. The van der Waals surface area contributed by atoms with Gasteiger partial charge in [0.15, 0.2) is 23.0 Å². The van der Waals surface area contributed by atoms with Crippen LogP contribution < -0.4 is 18.9 Å². The number of carboxylic acid groups (broad SMARTS) is 2. The van der Waals surface area contributed by atoms with Crippen molar-refractivity contribution >= 4 is 39.7 Å². The number of carbonyl (C=O) groups excluding carboxylic acids is 2. The lowest BCUT2D eigenvalue weighted by molar-refractivity contribution is -0.145. The quantitative estimate of drug-likeness (QED) is 0.278. The van der Waals surface area contributed by atoms with Crippen LogP contribution in [0, 0.1) is 11.8 Å². The summed E-state index contributed by atoms with van der Waals surface area (Å²) in [6.07, 6.45) is 0.401. The Hall–Kier alpha value is -4.00. The van der Waals surface area contributed by atoms with Gasteiger partial charge in [0.1, 0.15) is 0 Å². The number of halogens is 1. The Morgan fingerprint density at radius 2 is 1.23 bits per heavy atom. The van der Waals surface area contributed by atoms with E-state index in [1.54, 1.807) is 16.9 Å². The second-order valence-corrected chi connectivity index (χ2v) is 11.9. The van der Waals surface area contributed by atoms with Gasteiger partial charge >= 0.3 is 11.9 Å². The molecule has 0 fully saturated rings. The van der Waals surface area contributed by atoms with Gasteiger partial charge < -0.3 is 39.0 Å². The Kier molecular flexibility index (Phi) is 10.6. The summed E-state index contributed by atoms with van der Waals surface area (Å²) >= 11 is 3.62. The van der Waals surface area contributed by atoms with Gasteiger partial charge in [-0.3, -0.25) is 19.2 Å². The Morgan fingerprint density at radius 1 is 0.750 bits per heavy atom. The average molecular weight is 678 g/mol. The molecule has 0 saturated heterocycles. The second-order valence-electron chi connectivity index (χ2n) is 11.1. The molecule has 2 heterocycles. The van der Waals surface area contributed by atoms with Gasteiger partial charge in [0.05, 0.1) is 43.7 Å². The first kappa shape index (κ1) is 32.9. The lowest BCUT2D eigenvalue weighted by Crippen LogP contribution is -2.28. The predicted octanol–water partition coefficient (Wildman–Crippen LogP) is 4.22. The van der Waals surface area contributed by atoms with Crippen molar-refractivity contribution in [2.24, 2.45) is 11.8 Å². The number of methoxy groups -OCH3 is 2. The van der Waals surface area contributed by atoms with Crippen LogP contribution in [0.3, 0.4) is 0 Å². The van der Waals surface area contributed by atoms with E-state index >= 15 is 0 Å². The molecule has 44 heavy (non-hydrogen) atoms. The molecule has 238 valence electrons. The van der Waals surface area contributed by atoms with Gasteiger partial charge in [-0.2, -0.15) is 0 Å². The monoisotopic (exact) mass is 676 g/mol. The molecule has 0 radical (unpaired) electrons. The molecule has 2 amide bonds. The highest BCUT2D eigenvalue weighted by Gasteiger charge is 2.31. The highest BCUT2D eigenvalue weighted by molar-refractivity contribution is 9.10. The van der Waals surface area contributed by atoms with Gasteiger partial charge in [-0.05, 0) is 56.4 Å². The van der Waals surface area contributed by atoms with Crippen molar-refractivity contribution in [3.63, 3.8) is 0 Å². The number of carbonyl (C=O) groups is 4. The molecule has 4 rings (SSSR count). The molecule has 0 saturated carbocycles. The third-order valence-electron chi connectivity index (χ3n) is 7.82. The third kappa shape index (κ3) is 7.37. The van der Waals surface area contributed by atoms with Crippen LogP contribution >= 0.6 is 15.9 Å². The standard InChI is InChI=1S/C31H37BrN2O10/c1-17(30(37)38)8-26(35)33-13-19-10-23(41-3)24(11-20(19)14-33)43-6-5-7-44-29-25(42-4)12-21-15-34(16-22(21)28(29)32)27(36)9-18(2)31(39)40/h10-12,17-18H,5-9,13-16H2,1-4H3,(H,37,38)(H,39,40)/t17-,18-/m0/s1. The zero-order chi connectivity index (χ0) is 32.1. The summed E-state index contributed by atoms with van der Waals surface area (Å²) < 4.78 is 23.9. The molecule has 13 heteroatoms. The lowest BCUT2D eigenvalue weighted by atomic mass is 10.1. The van der Waals surface area contributed by atoms with Crippen LogP contribution in [0.4, 0.5) is 0 Å². The fraction of sp³-hybridized carbons (Fsp3) is 0.484. The molecule has 0 aliphatic carbocycles. The second kappa shape index (κ2) is 14.2. The van der Waals surface area contributed by atoms with E-state index in [1.165, 1.54) is 21.0 Å². The topological polar surface area (TPSA) is 152 Å². The fourth-order valence-electron chi connectivity index (χ4n) is 5.15. The maximum absolute atomic E-state index is 12.7. The normalized spacial score (nSPS) is 14.8. The molecule has 0 spiro atoms. The number of nitrogens with zero attached hydrogens (tertiary/aromatic N) is 2. The van der Waals surface area contributed by atoms with E-state index in [-0.39, 0.29) is 24.7 Å². The van der Waals surface area contributed by atoms with Crippen LogP contribution in [0.15, 0.2) is 22.7 Å². The molecule has 2 aliphatic rings. The SMILES string of the molecule is COc1cc2c(cc1OCCCOc1c(OC)cc3c(c1Br)CN(C(=O)C[C@H](C)C(=O)O)C3)CN(C(=O)C[C@H](C)C(=O)O)C2. The number of hydrogen-bond donors (Lipinski definition) is 2. The molecular weight excluding hydrogens is 640 g/mol. The maximum Gasteiger partial charge on any atom is 0.306 e. The number of carboxylic acids is 2. The van der Waals surface area contributed by atoms with Crippen LogP contribution in [0.25, 0.3) is 0 Å². The Morgan fingerprint density at radius 3 is 1.77 bits per heavy atom. The number of benzene rings is 2. The minimum absolute atomic E-state index is 0.0582. The highest BCUT2D eigenvalue weighted by Crippen LogP contribution is 2.43. The minimum Gasteiger partial charge on any atom is -0.493 e. The van der Waals surface area contributed by atoms with Crippen LogP contribution in [-0.4, -0.2) is 71.2 Å². The van der Waals surface area contributed by atoms with Gasteiger partial charge in [-0.1, -0.05) is 13.8 Å².